The number of ether oxygens (including phenoxy) is 1. The molecule has 0 aliphatic heterocycles. The molecule has 2 bridgehead atoms. The summed E-state index contributed by atoms with van der Waals surface area (Å²) in [7, 11) is 0. The molecule has 5 rings (SSSR count). The SMILES string of the molecule is CC(OC(=O)C1CC2CC1C(C)C2C)c1cc2cc3ccccc3cc2cc1Br. The van der Waals surface area contributed by atoms with Crippen molar-refractivity contribution in [3.05, 3.63) is 58.6 Å². The lowest BCUT2D eigenvalue weighted by Gasteiger charge is -2.31. The van der Waals surface area contributed by atoms with Crippen LogP contribution in [-0.2, 0) is 9.53 Å². The molecule has 0 aromatic heterocycles. The summed E-state index contributed by atoms with van der Waals surface area (Å²) in [6.45, 7) is 6.64. The minimum Gasteiger partial charge on any atom is -0.458 e. The van der Waals surface area contributed by atoms with Gasteiger partial charge in [-0.2, -0.15) is 0 Å². The molecule has 29 heavy (non-hydrogen) atoms. The molecule has 3 aromatic rings. The van der Waals surface area contributed by atoms with Crippen molar-refractivity contribution >= 4 is 43.4 Å². The summed E-state index contributed by atoms with van der Waals surface area (Å²) < 4.78 is 7.00. The van der Waals surface area contributed by atoms with Gasteiger partial charge in [-0.1, -0.05) is 54.0 Å². The van der Waals surface area contributed by atoms with Crippen molar-refractivity contribution in [2.45, 2.75) is 39.7 Å². The first-order chi connectivity index (χ1) is 13.9. The second kappa shape index (κ2) is 7.12. The highest BCUT2D eigenvalue weighted by atomic mass is 79.9. The third kappa shape index (κ3) is 3.18. The van der Waals surface area contributed by atoms with E-state index in [4.69, 9.17) is 4.74 Å². The molecule has 3 heteroatoms. The highest BCUT2D eigenvalue weighted by Gasteiger charge is 2.51. The van der Waals surface area contributed by atoms with Crippen LogP contribution in [0.5, 0.6) is 0 Å². The molecule has 2 saturated carbocycles. The van der Waals surface area contributed by atoms with Gasteiger partial charge in [0, 0.05) is 10.0 Å². The fraction of sp³-hybridized carbons (Fsp3) is 0.423. The number of hydrogen-bond acceptors (Lipinski definition) is 2. The van der Waals surface area contributed by atoms with Crippen molar-refractivity contribution in [3.8, 4) is 0 Å². The van der Waals surface area contributed by atoms with E-state index >= 15 is 0 Å². The maximum Gasteiger partial charge on any atom is 0.309 e. The van der Waals surface area contributed by atoms with Gasteiger partial charge in [0.15, 0.2) is 0 Å². The lowest BCUT2D eigenvalue weighted by molar-refractivity contribution is -0.156. The van der Waals surface area contributed by atoms with Crippen LogP contribution in [0.15, 0.2) is 53.0 Å². The Morgan fingerprint density at radius 3 is 2.24 bits per heavy atom. The van der Waals surface area contributed by atoms with Crippen LogP contribution in [0.4, 0.5) is 0 Å². The van der Waals surface area contributed by atoms with E-state index in [-0.39, 0.29) is 18.0 Å². The Labute approximate surface area is 180 Å². The zero-order valence-electron chi connectivity index (χ0n) is 17.2. The number of rotatable bonds is 3. The maximum absolute atomic E-state index is 13.0. The molecule has 0 radical (unpaired) electrons. The monoisotopic (exact) mass is 450 g/mol. The van der Waals surface area contributed by atoms with Gasteiger partial charge in [0.1, 0.15) is 6.10 Å². The number of halogens is 1. The van der Waals surface area contributed by atoms with Crippen molar-refractivity contribution in [2.75, 3.05) is 0 Å². The van der Waals surface area contributed by atoms with Gasteiger partial charge in [-0.25, -0.2) is 0 Å². The summed E-state index contributed by atoms with van der Waals surface area (Å²) in [6, 6.07) is 17.1. The van der Waals surface area contributed by atoms with E-state index in [2.05, 4.69) is 78.3 Å². The zero-order valence-corrected chi connectivity index (χ0v) is 18.8. The van der Waals surface area contributed by atoms with E-state index in [0.29, 0.717) is 17.8 Å². The van der Waals surface area contributed by atoms with E-state index in [1.807, 2.05) is 6.92 Å². The average Bonchev–Trinajstić information content (AvgIpc) is 3.26. The Bertz CT molecular complexity index is 1100. The van der Waals surface area contributed by atoms with Gasteiger partial charge in [-0.15, -0.1) is 0 Å². The van der Waals surface area contributed by atoms with Crippen molar-refractivity contribution in [2.24, 2.45) is 29.6 Å². The number of benzene rings is 3. The highest BCUT2D eigenvalue weighted by molar-refractivity contribution is 9.10. The summed E-state index contributed by atoms with van der Waals surface area (Å²) in [5.74, 6) is 2.64. The van der Waals surface area contributed by atoms with E-state index in [1.165, 1.54) is 28.0 Å². The van der Waals surface area contributed by atoms with Crippen LogP contribution in [0.2, 0.25) is 0 Å². The van der Waals surface area contributed by atoms with Gasteiger partial charge in [0.2, 0.25) is 0 Å². The number of fused-ring (bicyclic) bond motifs is 4. The van der Waals surface area contributed by atoms with E-state index in [0.717, 1.165) is 22.4 Å². The Balaban J connectivity index is 1.40. The van der Waals surface area contributed by atoms with Gasteiger partial charge in [0.25, 0.3) is 0 Å². The number of carbonyl (C=O) groups is 1. The predicted molar refractivity (Wildman–Crippen MR) is 122 cm³/mol. The Hall–Kier alpha value is -1.87. The first-order valence-corrected chi connectivity index (χ1v) is 11.5. The summed E-state index contributed by atoms with van der Waals surface area (Å²) in [5, 5.41) is 4.82. The Morgan fingerprint density at radius 2 is 1.62 bits per heavy atom. The lowest BCUT2D eigenvalue weighted by Crippen LogP contribution is -2.31. The van der Waals surface area contributed by atoms with E-state index in [9.17, 15) is 4.79 Å². The summed E-state index contributed by atoms with van der Waals surface area (Å²) in [6.07, 6.45) is 1.94. The minimum absolute atomic E-state index is 0.00532. The molecule has 3 aromatic carbocycles. The van der Waals surface area contributed by atoms with Crippen LogP contribution >= 0.6 is 15.9 Å². The average molecular weight is 451 g/mol. The summed E-state index contributed by atoms with van der Waals surface area (Å²) in [5.41, 5.74) is 1.03. The second-order valence-corrected chi connectivity index (χ2v) is 10.1. The van der Waals surface area contributed by atoms with E-state index in [1.54, 1.807) is 0 Å². The number of carbonyl (C=O) groups excluding carboxylic acids is 1. The molecular formula is C26H27BrO2. The third-order valence-corrected chi connectivity index (χ3v) is 8.44. The zero-order chi connectivity index (χ0) is 20.3. The van der Waals surface area contributed by atoms with Crippen LogP contribution in [-0.4, -0.2) is 5.97 Å². The first kappa shape index (κ1) is 19.1. The fourth-order valence-corrected chi connectivity index (χ4v) is 6.51. The van der Waals surface area contributed by atoms with Crippen LogP contribution in [0, 0.1) is 29.6 Å². The van der Waals surface area contributed by atoms with Gasteiger partial charge in [-0.3, -0.25) is 4.79 Å². The normalized spacial score (nSPS) is 29.4. The molecule has 150 valence electrons. The van der Waals surface area contributed by atoms with Crippen molar-refractivity contribution in [1.82, 2.24) is 0 Å². The molecule has 0 amide bonds. The highest BCUT2D eigenvalue weighted by Crippen LogP contribution is 2.55. The standard InChI is InChI=1S/C26H27BrO2/c1-14-15(2)22-10-19(14)11-24(22)26(28)29-16(3)23-12-20-8-17-6-4-5-7-18(17)9-21(20)13-25(23)27/h4-9,12-16,19,22,24H,10-11H2,1-3H3. The van der Waals surface area contributed by atoms with Gasteiger partial charge in [-0.05, 0) is 89.2 Å². The summed E-state index contributed by atoms with van der Waals surface area (Å²) in [4.78, 5) is 13.0. The van der Waals surface area contributed by atoms with Crippen LogP contribution in [0.25, 0.3) is 21.5 Å². The topological polar surface area (TPSA) is 26.3 Å². The van der Waals surface area contributed by atoms with Crippen molar-refractivity contribution in [1.29, 1.82) is 0 Å². The first-order valence-electron chi connectivity index (χ1n) is 10.7. The molecule has 2 fully saturated rings. The molecule has 6 unspecified atom stereocenters. The Morgan fingerprint density at radius 1 is 0.966 bits per heavy atom. The predicted octanol–water partition coefficient (Wildman–Crippen LogP) is 7.29. The smallest absolute Gasteiger partial charge is 0.309 e. The summed E-state index contributed by atoms with van der Waals surface area (Å²) >= 11 is 3.71. The maximum atomic E-state index is 13.0. The Kier molecular flexibility index (Phi) is 4.70. The van der Waals surface area contributed by atoms with Gasteiger partial charge >= 0.3 is 5.97 Å². The molecule has 0 spiro atoms. The minimum atomic E-state index is -0.264. The molecule has 2 aliphatic carbocycles. The molecular weight excluding hydrogens is 424 g/mol. The molecule has 0 saturated heterocycles. The number of hydrogen-bond donors (Lipinski definition) is 0. The van der Waals surface area contributed by atoms with Crippen molar-refractivity contribution in [3.63, 3.8) is 0 Å². The van der Waals surface area contributed by atoms with Crippen molar-refractivity contribution < 1.29 is 9.53 Å². The fourth-order valence-electron chi connectivity index (χ4n) is 5.83. The molecule has 0 N–H and O–H groups in total. The van der Waals surface area contributed by atoms with Gasteiger partial charge in [0.05, 0.1) is 5.92 Å². The van der Waals surface area contributed by atoms with Crippen LogP contribution in [0.1, 0.15) is 45.3 Å². The lowest BCUT2D eigenvalue weighted by atomic mass is 9.76. The van der Waals surface area contributed by atoms with Crippen LogP contribution in [0.3, 0.4) is 0 Å². The van der Waals surface area contributed by atoms with Crippen LogP contribution < -0.4 is 0 Å². The third-order valence-electron chi connectivity index (χ3n) is 7.75. The van der Waals surface area contributed by atoms with Gasteiger partial charge < -0.3 is 4.74 Å². The molecule has 2 aliphatic rings. The largest absolute Gasteiger partial charge is 0.458 e. The van der Waals surface area contributed by atoms with E-state index < -0.39 is 0 Å². The molecule has 0 heterocycles. The molecule has 6 atom stereocenters. The quantitative estimate of drug-likeness (QED) is 0.309. The second-order valence-electron chi connectivity index (χ2n) is 9.22. The molecule has 2 nitrogen and oxygen atoms in total. The number of esters is 1.